The van der Waals surface area contributed by atoms with Gasteiger partial charge in [-0.05, 0) is 31.7 Å². The average Bonchev–Trinajstić information content (AvgIpc) is 2.77. The molecule has 0 unspecified atom stereocenters. The lowest BCUT2D eigenvalue weighted by molar-refractivity contribution is -0.125. The molecule has 1 aliphatic heterocycles. The number of hydrogen-bond acceptors (Lipinski definition) is 5. The molecule has 134 valence electrons. The van der Waals surface area contributed by atoms with Gasteiger partial charge in [0.15, 0.2) is 0 Å². The fourth-order valence-corrected chi connectivity index (χ4v) is 3.16. The van der Waals surface area contributed by atoms with Crippen LogP contribution in [0, 0.1) is 5.92 Å². The van der Waals surface area contributed by atoms with Gasteiger partial charge in [-0.25, -0.2) is 0 Å². The molecule has 1 aromatic carbocycles. The average molecular weight is 335 g/mol. The van der Waals surface area contributed by atoms with Crippen LogP contribution in [-0.4, -0.2) is 67.7 Å². The van der Waals surface area contributed by atoms with Crippen LogP contribution in [0.3, 0.4) is 0 Å². The second kappa shape index (κ2) is 9.01. The third kappa shape index (κ3) is 4.93. The molecule has 2 N–H and O–H groups in total. The molecule has 0 saturated carbocycles. The van der Waals surface area contributed by atoms with Crippen molar-refractivity contribution in [1.82, 2.24) is 15.1 Å². The summed E-state index contributed by atoms with van der Waals surface area (Å²) < 4.78 is 5.54. The maximum Gasteiger partial charge on any atom is 0.225 e. The minimum Gasteiger partial charge on any atom is -0.494 e. The van der Waals surface area contributed by atoms with Gasteiger partial charge in [0.1, 0.15) is 5.75 Å². The first-order valence-electron chi connectivity index (χ1n) is 8.55. The van der Waals surface area contributed by atoms with E-state index in [1.165, 1.54) is 0 Å². The van der Waals surface area contributed by atoms with Crippen LogP contribution in [0.2, 0.25) is 0 Å². The van der Waals surface area contributed by atoms with Crippen molar-refractivity contribution >= 4 is 5.91 Å². The minimum absolute atomic E-state index is 0.0255. The third-order valence-electron chi connectivity index (χ3n) is 4.43. The summed E-state index contributed by atoms with van der Waals surface area (Å²) in [4.78, 5) is 16.6. The van der Waals surface area contributed by atoms with E-state index >= 15 is 0 Å². The number of amides is 1. The fourth-order valence-electron chi connectivity index (χ4n) is 3.16. The molecule has 0 aliphatic carbocycles. The topological polar surface area (TPSA) is 65.0 Å². The van der Waals surface area contributed by atoms with Gasteiger partial charge in [0.25, 0.3) is 0 Å². The second-order valence-electron chi connectivity index (χ2n) is 6.34. The molecule has 6 nitrogen and oxygen atoms in total. The molecular weight excluding hydrogens is 306 g/mol. The molecule has 24 heavy (non-hydrogen) atoms. The molecule has 1 heterocycles. The van der Waals surface area contributed by atoms with Gasteiger partial charge in [0.2, 0.25) is 5.91 Å². The number of nitrogens with one attached hydrogen (secondary N) is 1. The normalized spacial score (nSPS) is 19.8. The second-order valence-corrected chi connectivity index (χ2v) is 6.34. The zero-order valence-corrected chi connectivity index (χ0v) is 14.9. The van der Waals surface area contributed by atoms with Crippen LogP contribution in [0.1, 0.15) is 18.1 Å². The summed E-state index contributed by atoms with van der Waals surface area (Å²) in [6.45, 7) is 6.63. The molecule has 1 saturated heterocycles. The molecule has 1 aromatic rings. The third-order valence-corrected chi connectivity index (χ3v) is 4.43. The molecule has 1 aliphatic rings. The van der Waals surface area contributed by atoms with Gasteiger partial charge in [-0.1, -0.05) is 6.07 Å². The highest BCUT2D eigenvalue weighted by atomic mass is 16.5. The zero-order chi connectivity index (χ0) is 17.5. The Morgan fingerprint density at radius 1 is 1.38 bits per heavy atom. The quantitative estimate of drug-likeness (QED) is 0.801. The number of likely N-dealkylation sites (N-methyl/N-ethyl adjacent to an activating group) is 1. The number of aliphatic hydroxyl groups excluding tert-OH is 1. The summed E-state index contributed by atoms with van der Waals surface area (Å²) in [6.07, 6.45) is 0. The number of carbonyl (C=O) groups is 1. The van der Waals surface area contributed by atoms with Crippen molar-refractivity contribution < 1.29 is 14.6 Å². The van der Waals surface area contributed by atoms with E-state index in [0.29, 0.717) is 6.61 Å². The van der Waals surface area contributed by atoms with Gasteiger partial charge in [0, 0.05) is 45.3 Å². The first-order valence-corrected chi connectivity index (χ1v) is 8.55. The van der Waals surface area contributed by atoms with Crippen LogP contribution in [0.4, 0.5) is 0 Å². The van der Waals surface area contributed by atoms with E-state index in [9.17, 15) is 9.90 Å². The Hall–Kier alpha value is -1.63. The van der Waals surface area contributed by atoms with Gasteiger partial charge >= 0.3 is 0 Å². The molecule has 0 aromatic heterocycles. The van der Waals surface area contributed by atoms with Gasteiger partial charge in [0.05, 0.1) is 19.1 Å². The maximum absolute atomic E-state index is 12.1. The summed E-state index contributed by atoms with van der Waals surface area (Å²) in [5.74, 6) is 0.807. The standard InChI is InChI=1S/C18H29N3O3/c1-4-24-17-6-5-14(9-15(17)13-22)10-21-8-7-20(3)11-16(12-21)18(23)19-2/h5-6,9,16,22H,4,7-8,10-13H2,1-3H3,(H,19,23)/t16-/m0/s1. The van der Waals surface area contributed by atoms with Crippen LogP contribution >= 0.6 is 0 Å². The highest BCUT2D eigenvalue weighted by Crippen LogP contribution is 2.22. The number of ether oxygens (including phenoxy) is 1. The summed E-state index contributed by atoms with van der Waals surface area (Å²) in [6, 6.07) is 5.95. The number of benzene rings is 1. The van der Waals surface area contributed by atoms with Gasteiger partial charge in [-0.15, -0.1) is 0 Å². The minimum atomic E-state index is -0.0349. The first kappa shape index (κ1) is 18.7. The van der Waals surface area contributed by atoms with Crippen molar-refractivity contribution in [3.8, 4) is 5.75 Å². The smallest absolute Gasteiger partial charge is 0.225 e. The van der Waals surface area contributed by atoms with Crippen LogP contribution in [-0.2, 0) is 17.9 Å². The molecule has 0 radical (unpaired) electrons. The van der Waals surface area contributed by atoms with E-state index in [4.69, 9.17) is 4.74 Å². The van der Waals surface area contributed by atoms with Gasteiger partial charge < -0.3 is 20.1 Å². The molecule has 2 rings (SSSR count). The Balaban J connectivity index is 2.09. The van der Waals surface area contributed by atoms with Gasteiger partial charge in [-0.2, -0.15) is 0 Å². The SMILES string of the molecule is CCOc1ccc(CN2CCN(C)C[C@H](C(=O)NC)C2)cc1CO. The molecule has 6 heteroatoms. The van der Waals surface area contributed by atoms with Gasteiger partial charge in [-0.3, -0.25) is 9.69 Å². The Bertz CT molecular complexity index is 550. The Kier molecular flexibility index (Phi) is 7.02. The van der Waals surface area contributed by atoms with Crippen LogP contribution in [0.15, 0.2) is 18.2 Å². The monoisotopic (exact) mass is 335 g/mol. The molecule has 0 bridgehead atoms. The lowest BCUT2D eigenvalue weighted by Crippen LogP contribution is -2.39. The van der Waals surface area contributed by atoms with Crippen molar-refractivity contribution in [3.05, 3.63) is 29.3 Å². The van der Waals surface area contributed by atoms with Crippen molar-refractivity contribution in [1.29, 1.82) is 0 Å². The molecular formula is C18H29N3O3. The van der Waals surface area contributed by atoms with Crippen LogP contribution in [0.5, 0.6) is 5.75 Å². The zero-order valence-electron chi connectivity index (χ0n) is 14.9. The van der Waals surface area contributed by atoms with Crippen LogP contribution in [0.25, 0.3) is 0 Å². The van der Waals surface area contributed by atoms with Crippen molar-refractivity contribution in [2.45, 2.75) is 20.1 Å². The summed E-state index contributed by atoms with van der Waals surface area (Å²) in [5, 5.41) is 12.3. The number of rotatable bonds is 6. The lowest BCUT2D eigenvalue weighted by Gasteiger charge is -2.23. The number of nitrogens with zero attached hydrogens (tertiary/aromatic N) is 2. The van der Waals surface area contributed by atoms with E-state index in [-0.39, 0.29) is 18.4 Å². The first-order chi connectivity index (χ1) is 11.6. The molecule has 1 fully saturated rings. The predicted molar refractivity (Wildman–Crippen MR) is 93.9 cm³/mol. The Morgan fingerprint density at radius 2 is 2.17 bits per heavy atom. The number of carbonyl (C=O) groups excluding carboxylic acids is 1. The number of aliphatic hydroxyl groups is 1. The summed E-state index contributed by atoms with van der Waals surface area (Å²) in [5.41, 5.74) is 1.94. The van der Waals surface area contributed by atoms with E-state index < -0.39 is 0 Å². The maximum atomic E-state index is 12.1. The lowest BCUT2D eigenvalue weighted by atomic mass is 10.1. The summed E-state index contributed by atoms with van der Waals surface area (Å²) in [7, 11) is 3.75. The Morgan fingerprint density at radius 3 is 2.83 bits per heavy atom. The van der Waals surface area contributed by atoms with Crippen molar-refractivity contribution in [3.63, 3.8) is 0 Å². The highest BCUT2D eigenvalue weighted by Gasteiger charge is 2.25. The number of hydrogen-bond donors (Lipinski definition) is 2. The van der Waals surface area contributed by atoms with Crippen molar-refractivity contribution in [2.75, 3.05) is 46.9 Å². The Labute approximate surface area is 144 Å². The molecule has 0 spiro atoms. The molecule has 1 amide bonds. The van der Waals surface area contributed by atoms with E-state index in [2.05, 4.69) is 22.2 Å². The van der Waals surface area contributed by atoms with E-state index in [1.54, 1.807) is 7.05 Å². The van der Waals surface area contributed by atoms with E-state index in [1.807, 2.05) is 25.1 Å². The van der Waals surface area contributed by atoms with Crippen molar-refractivity contribution in [2.24, 2.45) is 5.92 Å². The summed E-state index contributed by atoms with van der Waals surface area (Å²) >= 11 is 0. The predicted octanol–water partition coefficient (Wildman–Crippen LogP) is 0.687. The fraction of sp³-hybridized carbons (Fsp3) is 0.611. The molecule has 1 atom stereocenters. The largest absolute Gasteiger partial charge is 0.494 e. The van der Waals surface area contributed by atoms with E-state index in [0.717, 1.165) is 49.6 Å². The highest BCUT2D eigenvalue weighted by molar-refractivity contribution is 5.78. The van der Waals surface area contributed by atoms with Crippen LogP contribution < -0.4 is 10.1 Å².